The number of hydrogen-bond acceptors (Lipinski definition) is 2. The highest BCUT2D eigenvalue weighted by molar-refractivity contribution is 5.89. The molecule has 0 spiro atoms. The van der Waals surface area contributed by atoms with Crippen LogP contribution in [0.2, 0.25) is 0 Å². The summed E-state index contributed by atoms with van der Waals surface area (Å²) in [6.45, 7) is 1.82. The van der Waals surface area contributed by atoms with E-state index in [1.807, 2.05) is 13.0 Å². The molecular weight excluding hydrogens is 195 g/mol. The molecule has 1 aromatic carbocycles. The van der Waals surface area contributed by atoms with Gasteiger partial charge in [0.1, 0.15) is 6.61 Å². The zero-order valence-electron chi connectivity index (χ0n) is 8.57. The average molecular weight is 208 g/mol. The third-order valence-corrected chi connectivity index (χ3v) is 2.01. The Morgan fingerprint density at radius 1 is 1.40 bits per heavy atom. The molecule has 3 heteroatoms. The van der Waals surface area contributed by atoms with Gasteiger partial charge in [0.05, 0.1) is 11.9 Å². The van der Waals surface area contributed by atoms with Crippen molar-refractivity contribution < 1.29 is 13.9 Å². The van der Waals surface area contributed by atoms with Crippen molar-refractivity contribution in [1.82, 2.24) is 0 Å². The molecule has 0 aliphatic heterocycles. The lowest BCUT2D eigenvalue weighted by atomic mass is 10.2. The predicted octanol–water partition coefficient (Wildman–Crippen LogP) is 3.11. The van der Waals surface area contributed by atoms with E-state index in [2.05, 4.69) is 0 Å². The smallest absolute Gasteiger partial charge is 0.338 e. The Kier molecular flexibility index (Phi) is 4.54. The van der Waals surface area contributed by atoms with Crippen molar-refractivity contribution in [3.63, 3.8) is 0 Å². The molecule has 0 amide bonds. The fourth-order valence-corrected chi connectivity index (χ4v) is 1.03. The van der Waals surface area contributed by atoms with Gasteiger partial charge < -0.3 is 4.74 Å². The SMILES string of the molecule is CCC(=CF)COC(=O)c1ccccc1. The van der Waals surface area contributed by atoms with Crippen molar-refractivity contribution in [3.8, 4) is 0 Å². The molecule has 0 bridgehead atoms. The first-order valence-electron chi connectivity index (χ1n) is 4.78. The summed E-state index contributed by atoms with van der Waals surface area (Å²) in [6, 6.07) is 8.64. The molecule has 0 saturated carbocycles. The molecule has 0 fully saturated rings. The summed E-state index contributed by atoms with van der Waals surface area (Å²) in [5, 5.41) is 0. The van der Waals surface area contributed by atoms with Crippen molar-refractivity contribution in [2.24, 2.45) is 0 Å². The maximum Gasteiger partial charge on any atom is 0.338 e. The summed E-state index contributed by atoms with van der Waals surface area (Å²) in [7, 11) is 0. The van der Waals surface area contributed by atoms with E-state index in [0.717, 1.165) is 0 Å². The monoisotopic (exact) mass is 208 g/mol. The first-order valence-corrected chi connectivity index (χ1v) is 4.78. The maximum atomic E-state index is 12.2. The molecule has 0 aliphatic rings. The number of halogens is 1. The second-order valence-electron chi connectivity index (χ2n) is 3.06. The van der Waals surface area contributed by atoms with E-state index in [9.17, 15) is 9.18 Å². The quantitative estimate of drug-likeness (QED) is 0.710. The molecule has 0 N–H and O–H groups in total. The minimum Gasteiger partial charge on any atom is -0.457 e. The highest BCUT2D eigenvalue weighted by atomic mass is 19.1. The predicted molar refractivity (Wildman–Crippen MR) is 56.2 cm³/mol. The van der Waals surface area contributed by atoms with E-state index in [-0.39, 0.29) is 6.61 Å². The van der Waals surface area contributed by atoms with Crippen molar-refractivity contribution in [1.29, 1.82) is 0 Å². The molecule has 80 valence electrons. The molecule has 0 heterocycles. The number of rotatable bonds is 4. The zero-order valence-corrected chi connectivity index (χ0v) is 8.57. The number of carbonyl (C=O) groups is 1. The van der Waals surface area contributed by atoms with Crippen LogP contribution in [-0.4, -0.2) is 12.6 Å². The van der Waals surface area contributed by atoms with Crippen LogP contribution in [0.5, 0.6) is 0 Å². The lowest BCUT2D eigenvalue weighted by molar-refractivity contribution is 0.0537. The van der Waals surface area contributed by atoms with E-state index in [4.69, 9.17) is 4.74 Å². The molecule has 2 nitrogen and oxygen atoms in total. The van der Waals surface area contributed by atoms with Gasteiger partial charge in [-0.25, -0.2) is 9.18 Å². The number of esters is 1. The number of ether oxygens (including phenoxy) is 1. The fourth-order valence-electron chi connectivity index (χ4n) is 1.03. The Hall–Kier alpha value is -1.64. The van der Waals surface area contributed by atoms with Crippen LogP contribution >= 0.6 is 0 Å². The van der Waals surface area contributed by atoms with E-state index in [1.165, 1.54) is 0 Å². The lowest BCUT2D eigenvalue weighted by Gasteiger charge is -2.05. The van der Waals surface area contributed by atoms with Gasteiger partial charge in [-0.3, -0.25) is 0 Å². The van der Waals surface area contributed by atoms with Gasteiger partial charge in [-0.2, -0.15) is 0 Å². The van der Waals surface area contributed by atoms with Crippen LogP contribution in [0.15, 0.2) is 42.2 Å². The number of carbonyl (C=O) groups excluding carboxylic acids is 1. The van der Waals surface area contributed by atoms with Crippen LogP contribution in [-0.2, 0) is 4.74 Å². The van der Waals surface area contributed by atoms with Gasteiger partial charge in [-0.1, -0.05) is 25.1 Å². The molecule has 15 heavy (non-hydrogen) atoms. The summed E-state index contributed by atoms with van der Waals surface area (Å²) >= 11 is 0. The van der Waals surface area contributed by atoms with Gasteiger partial charge in [0.25, 0.3) is 0 Å². The summed E-state index contributed by atoms with van der Waals surface area (Å²) in [5.74, 6) is -0.427. The van der Waals surface area contributed by atoms with E-state index in [0.29, 0.717) is 23.9 Å². The normalized spacial score (nSPS) is 11.2. The summed E-state index contributed by atoms with van der Waals surface area (Å²) in [4.78, 5) is 11.4. The Balaban J connectivity index is 2.51. The van der Waals surface area contributed by atoms with Gasteiger partial charge in [0.2, 0.25) is 0 Å². The fraction of sp³-hybridized carbons (Fsp3) is 0.250. The average Bonchev–Trinajstić information content (AvgIpc) is 2.31. The van der Waals surface area contributed by atoms with Crippen LogP contribution < -0.4 is 0 Å². The third kappa shape index (κ3) is 3.54. The lowest BCUT2D eigenvalue weighted by Crippen LogP contribution is -2.07. The Morgan fingerprint density at radius 2 is 2.07 bits per heavy atom. The van der Waals surface area contributed by atoms with Gasteiger partial charge in [0, 0.05) is 0 Å². The molecule has 0 unspecified atom stereocenters. The van der Waals surface area contributed by atoms with Crippen LogP contribution in [0, 0.1) is 0 Å². The van der Waals surface area contributed by atoms with Gasteiger partial charge in [-0.15, -0.1) is 0 Å². The van der Waals surface area contributed by atoms with Crippen LogP contribution in [0.4, 0.5) is 4.39 Å². The molecule has 0 aromatic heterocycles. The maximum absolute atomic E-state index is 12.2. The third-order valence-electron chi connectivity index (χ3n) is 2.01. The standard InChI is InChI=1S/C12H13FO2/c1-2-10(8-13)9-15-12(14)11-6-4-3-5-7-11/h3-8H,2,9H2,1H3. The molecule has 1 rings (SSSR count). The van der Waals surface area contributed by atoms with Crippen LogP contribution in [0.1, 0.15) is 23.7 Å². The highest BCUT2D eigenvalue weighted by Gasteiger charge is 2.06. The minimum atomic E-state index is -0.427. The molecule has 0 aliphatic carbocycles. The molecule has 0 radical (unpaired) electrons. The Labute approximate surface area is 88.4 Å². The molecule has 1 aromatic rings. The van der Waals surface area contributed by atoms with Crippen molar-refractivity contribution in [2.75, 3.05) is 6.61 Å². The largest absolute Gasteiger partial charge is 0.457 e. The highest BCUT2D eigenvalue weighted by Crippen LogP contribution is 2.05. The van der Waals surface area contributed by atoms with E-state index in [1.54, 1.807) is 24.3 Å². The van der Waals surface area contributed by atoms with Crippen molar-refractivity contribution >= 4 is 5.97 Å². The summed E-state index contributed by atoms with van der Waals surface area (Å²) < 4.78 is 17.1. The molecular formula is C12H13FO2. The van der Waals surface area contributed by atoms with Gasteiger partial charge >= 0.3 is 5.97 Å². The number of benzene rings is 1. The van der Waals surface area contributed by atoms with Crippen LogP contribution in [0.3, 0.4) is 0 Å². The van der Waals surface area contributed by atoms with E-state index >= 15 is 0 Å². The number of hydrogen-bond donors (Lipinski definition) is 0. The second-order valence-corrected chi connectivity index (χ2v) is 3.06. The topological polar surface area (TPSA) is 26.3 Å². The van der Waals surface area contributed by atoms with E-state index < -0.39 is 5.97 Å². The summed E-state index contributed by atoms with van der Waals surface area (Å²) in [6.07, 6.45) is 1.02. The van der Waals surface area contributed by atoms with Gasteiger partial charge in [0.15, 0.2) is 0 Å². The summed E-state index contributed by atoms with van der Waals surface area (Å²) in [5.41, 5.74) is 0.950. The minimum absolute atomic E-state index is 0.0146. The molecule has 0 atom stereocenters. The van der Waals surface area contributed by atoms with Gasteiger partial charge in [-0.05, 0) is 24.1 Å². The second kappa shape index (κ2) is 5.96. The Morgan fingerprint density at radius 3 is 2.60 bits per heavy atom. The van der Waals surface area contributed by atoms with Crippen LogP contribution in [0.25, 0.3) is 0 Å². The Bertz CT molecular complexity index is 344. The zero-order chi connectivity index (χ0) is 11.1. The van der Waals surface area contributed by atoms with Crippen molar-refractivity contribution in [3.05, 3.63) is 47.8 Å². The van der Waals surface area contributed by atoms with Crippen molar-refractivity contribution in [2.45, 2.75) is 13.3 Å². The first kappa shape index (κ1) is 11.4. The first-order chi connectivity index (χ1) is 7.27. The molecule has 0 saturated heterocycles.